The molecule has 0 unspecified atom stereocenters. The van der Waals surface area contributed by atoms with Crippen molar-refractivity contribution in [1.29, 1.82) is 0 Å². The summed E-state index contributed by atoms with van der Waals surface area (Å²) in [5.74, 6) is 0.117. The Balaban J connectivity index is 2.16. The van der Waals surface area contributed by atoms with E-state index in [1.54, 1.807) is 12.1 Å². The van der Waals surface area contributed by atoms with Gasteiger partial charge in [-0.3, -0.25) is 14.5 Å². The van der Waals surface area contributed by atoms with Gasteiger partial charge in [0.25, 0.3) is 0 Å². The molecule has 1 aromatic carbocycles. The van der Waals surface area contributed by atoms with Crippen molar-refractivity contribution < 1.29 is 14.3 Å². The van der Waals surface area contributed by atoms with Crippen molar-refractivity contribution >= 4 is 29.1 Å². The second-order valence-corrected chi connectivity index (χ2v) is 6.69. The van der Waals surface area contributed by atoms with Crippen LogP contribution in [-0.4, -0.2) is 31.5 Å². The molecule has 0 atom stereocenters. The fraction of sp³-hybridized carbons (Fsp3) is 0.556. The lowest BCUT2D eigenvalue weighted by Crippen LogP contribution is -2.44. The minimum Gasteiger partial charge on any atom is -0.495 e. The number of methoxy groups -OCH3 is 1. The van der Waals surface area contributed by atoms with Crippen LogP contribution in [0.3, 0.4) is 0 Å². The van der Waals surface area contributed by atoms with Crippen LogP contribution in [0.2, 0.25) is 5.02 Å². The highest BCUT2D eigenvalue weighted by Gasteiger charge is 2.22. The Morgan fingerprint density at radius 1 is 1.29 bits per heavy atom. The third-order valence-electron chi connectivity index (χ3n) is 4.40. The highest BCUT2D eigenvalue weighted by molar-refractivity contribution is 6.31. The van der Waals surface area contributed by atoms with Crippen molar-refractivity contribution in [3.05, 3.63) is 22.7 Å². The van der Waals surface area contributed by atoms with Crippen LogP contribution in [0.5, 0.6) is 5.75 Å². The summed E-state index contributed by atoms with van der Waals surface area (Å²) in [6.07, 6.45) is 5.54. The maximum Gasteiger partial charge on any atom is 0.240 e. The highest BCUT2D eigenvalue weighted by Crippen LogP contribution is 2.33. The minimum atomic E-state index is -0.214. The Morgan fingerprint density at radius 2 is 1.96 bits per heavy atom. The van der Waals surface area contributed by atoms with Crippen LogP contribution in [0, 0.1) is 6.92 Å². The van der Waals surface area contributed by atoms with E-state index in [0.717, 1.165) is 31.2 Å². The van der Waals surface area contributed by atoms with E-state index in [4.69, 9.17) is 16.3 Å². The van der Waals surface area contributed by atoms with E-state index in [1.165, 1.54) is 25.4 Å². The molecule has 1 aromatic rings. The third-order valence-corrected chi connectivity index (χ3v) is 4.81. The summed E-state index contributed by atoms with van der Waals surface area (Å²) < 4.78 is 5.33. The molecule has 1 saturated carbocycles. The molecular formula is C18H25ClN2O3. The van der Waals surface area contributed by atoms with Gasteiger partial charge in [-0.1, -0.05) is 30.9 Å². The summed E-state index contributed by atoms with van der Waals surface area (Å²) in [5, 5.41) is 3.60. The number of nitrogens with zero attached hydrogens (tertiary/aromatic N) is 1. The molecule has 0 bridgehead atoms. The van der Waals surface area contributed by atoms with Crippen molar-refractivity contribution in [2.45, 2.75) is 52.0 Å². The van der Waals surface area contributed by atoms with Crippen molar-refractivity contribution in [2.24, 2.45) is 0 Å². The zero-order valence-electron chi connectivity index (χ0n) is 14.5. The Labute approximate surface area is 148 Å². The molecule has 1 aliphatic carbocycles. The van der Waals surface area contributed by atoms with Gasteiger partial charge in [0.2, 0.25) is 11.8 Å². The number of hydrogen-bond acceptors (Lipinski definition) is 3. The van der Waals surface area contributed by atoms with E-state index in [2.05, 4.69) is 5.32 Å². The quantitative estimate of drug-likeness (QED) is 0.882. The molecular weight excluding hydrogens is 328 g/mol. The smallest absolute Gasteiger partial charge is 0.240 e. The van der Waals surface area contributed by atoms with Gasteiger partial charge in [-0.05, 0) is 31.4 Å². The second kappa shape index (κ2) is 8.38. The number of carbonyl (C=O) groups excluding carboxylic acids is 2. The number of anilines is 1. The Kier molecular flexibility index (Phi) is 6.49. The van der Waals surface area contributed by atoms with Gasteiger partial charge in [-0.2, -0.15) is 0 Å². The van der Waals surface area contributed by atoms with Crippen LogP contribution in [0.4, 0.5) is 5.69 Å². The Hall–Kier alpha value is -1.75. The first kappa shape index (κ1) is 18.6. The second-order valence-electron chi connectivity index (χ2n) is 6.28. The van der Waals surface area contributed by atoms with E-state index >= 15 is 0 Å². The van der Waals surface area contributed by atoms with Crippen LogP contribution in [0.1, 0.15) is 44.6 Å². The molecule has 0 aliphatic heterocycles. The summed E-state index contributed by atoms with van der Waals surface area (Å²) in [6, 6.07) is 3.66. The number of benzene rings is 1. The van der Waals surface area contributed by atoms with Gasteiger partial charge in [0.15, 0.2) is 0 Å². The van der Waals surface area contributed by atoms with Crippen molar-refractivity contribution in [2.75, 3.05) is 18.6 Å². The zero-order valence-corrected chi connectivity index (χ0v) is 15.3. The first-order chi connectivity index (χ1) is 11.4. The molecule has 1 fully saturated rings. The fourth-order valence-corrected chi connectivity index (χ4v) is 3.21. The molecule has 0 aromatic heterocycles. The first-order valence-electron chi connectivity index (χ1n) is 8.34. The Bertz CT molecular complexity index is 613. The van der Waals surface area contributed by atoms with Gasteiger partial charge in [0.05, 0.1) is 12.8 Å². The van der Waals surface area contributed by atoms with E-state index in [-0.39, 0.29) is 24.4 Å². The molecule has 0 saturated heterocycles. The topological polar surface area (TPSA) is 58.6 Å². The maximum absolute atomic E-state index is 12.4. The number of nitrogens with one attached hydrogen (secondary N) is 1. The van der Waals surface area contributed by atoms with E-state index in [9.17, 15) is 9.59 Å². The van der Waals surface area contributed by atoms with Gasteiger partial charge >= 0.3 is 0 Å². The lowest BCUT2D eigenvalue weighted by Gasteiger charge is -2.26. The first-order valence-corrected chi connectivity index (χ1v) is 8.71. The number of ether oxygens (including phenoxy) is 1. The lowest BCUT2D eigenvalue weighted by molar-refractivity contribution is -0.123. The fourth-order valence-electron chi connectivity index (χ4n) is 3.05. The predicted molar refractivity (Wildman–Crippen MR) is 95.8 cm³/mol. The van der Waals surface area contributed by atoms with E-state index < -0.39 is 0 Å². The minimum absolute atomic E-state index is 0.0245. The summed E-state index contributed by atoms with van der Waals surface area (Å²) in [5.41, 5.74) is 1.39. The average Bonchev–Trinajstić information content (AvgIpc) is 2.55. The summed E-state index contributed by atoms with van der Waals surface area (Å²) in [4.78, 5) is 25.9. The highest BCUT2D eigenvalue weighted by atomic mass is 35.5. The summed E-state index contributed by atoms with van der Waals surface area (Å²) in [6.45, 7) is 3.27. The number of hydrogen-bond donors (Lipinski definition) is 1. The lowest BCUT2D eigenvalue weighted by atomic mass is 9.95. The number of amides is 2. The number of rotatable bonds is 5. The number of carbonyl (C=O) groups is 2. The third kappa shape index (κ3) is 4.63. The largest absolute Gasteiger partial charge is 0.495 e. The number of halogens is 1. The van der Waals surface area contributed by atoms with Gasteiger partial charge in [0.1, 0.15) is 12.3 Å². The van der Waals surface area contributed by atoms with Crippen LogP contribution in [0.25, 0.3) is 0 Å². The maximum atomic E-state index is 12.4. The van der Waals surface area contributed by atoms with Crippen LogP contribution < -0.4 is 15.0 Å². The molecule has 0 spiro atoms. The predicted octanol–water partition coefficient (Wildman–Crippen LogP) is 3.46. The average molecular weight is 353 g/mol. The molecule has 0 radical (unpaired) electrons. The van der Waals surface area contributed by atoms with Crippen molar-refractivity contribution in [3.8, 4) is 5.75 Å². The van der Waals surface area contributed by atoms with Gasteiger partial charge in [0, 0.05) is 24.1 Å². The molecule has 2 rings (SSSR count). The molecule has 1 N–H and O–H groups in total. The normalized spacial score (nSPS) is 15.0. The molecule has 132 valence electrons. The SMILES string of the molecule is COc1cc(Cl)c(C)cc1N(CC(=O)NC1CCCCC1)C(C)=O. The van der Waals surface area contributed by atoms with Gasteiger partial charge < -0.3 is 10.1 Å². The van der Waals surface area contributed by atoms with Crippen molar-refractivity contribution in [3.63, 3.8) is 0 Å². The molecule has 2 amide bonds. The number of aryl methyl sites for hydroxylation is 1. The zero-order chi connectivity index (χ0) is 17.7. The van der Waals surface area contributed by atoms with Crippen LogP contribution in [0.15, 0.2) is 12.1 Å². The van der Waals surface area contributed by atoms with Gasteiger partial charge in [-0.15, -0.1) is 0 Å². The van der Waals surface area contributed by atoms with E-state index in [0.29, 0.717) is 16.5 Å². The Morgan fingerprint density at radius 3 is 2.54 bits per heavy atom. The van der Waals surface area contributed by atoms with Crippen LogP contribution >= 0.6 is 11.6 Å². The molecule has 6 heteroatoms. The monoisotopic (exact) mass is 352 g/mol. The summed E-state index contributed by atoms with van der Waals surface area (Å²) in [7, 11) is 1.52. The van der Waals surface area contributed by atoms with Crippen molar-refractivity contribution in [1.82, 2.24) is 5.32 Å². The molecule has 1 aliphatic rings. The molecule has 0 heterocycles. The summed E-state index contributed by atoms with van der Waals surface area (Å²) >= 11 is 6.12. The van der Waals surface area contributed by atoms with E-state index in [1.807, 2.05) is 6.92 Å². The molecule has 5 nitrogen and oxygen atoms in total. The molecule has 24 heavy (non-hydrogen) atoms. The standard InChI is InChI=1S/C18H25ClN2O3/c1-12-9-16(17(24-3)10-15(12)19)21(13(2)22)11-18(23)20-14-7-5-4-6-8-14/h9-10,14H,4-8,11H2,1-3H3,(H,20,23). The van der Waals surface area contributed by atoms with Gasteiger partial charge in [-0.25, -0.2) is 0 Å². The van der Waals surface area contributed by atoms with Crippen LogP contribution in [-0.2, 0) is 9.59 Å².